The van der Waals surface area contributed by atoms with Crippen LogP contribution in [0, 0.1) is 0 Å². The van der Waals surface area contributed by atoms with Gasteiger partial charge < -0.3 is 19.4 Å². The minimum atomic E-state index is -0.830. The van der Waals surface area contributed by atoms with Crippen LogP contribution in [-0.2, 0) is 34.3 Å². The highest BCUT2D eigenvalue weighted by atomic mass is 16.6. The molecule has 0 aliphatic carbocycles. The lowest BCUT2D eigenvalue weighted by Gasteiger charge is -2.16. The minimum Gasteiger partial charge on any atom is -0.467 e. The number of carbonyl (C=O) groups excluding carboxylic acids is 2. The number of methoxy groups -OCH3 is 1. The minimum absolute atomic E-state index is 0.134. The third kappa shape index (κ3) is 4.47. The largest absolute Gasteiger partial charge is 0.467 e. The summed E-state index contributed by atoms with van der Waals surface area (Å²) in [7, 11) is 3.25. The van der Waals surface area contributed by atoms with Crippen LogP contribution in [0.3, 0.4) is 0 Å². The lowest BCUT2D eigenvalue weighted by atomic mass is 10.1. The van der Waals surface area contributed by atoms with Gasteiger partial charge in [0, 0.05) is 30.6 Å². The maximum absolute atomic E-state index is 12.2. The lowest BCUT2D eigenvalue weighted by Crippen LogP contribution is -2.43. The Kier molecular flexibility index (Phi) is 5.76. The van der Waals surface area contributed by atoms with Gasteiger partial charge in [0.1, 0.15) is 12.6 Å². The molecule has 0 saturated heterocycles. The van der Waals surface area contributed by atoms with E-state index in [0.29, 0.717) is 6.42 Å². The van der Waals surface area contributed by atoms with Crippen molar-refractivity contribution in [2.45, 2.75) is 19.1 Å². The Bertz CT molecular complexity index is 934. The third-order valence-electron chi connectivity index (χ3n) is 4.39. The molecule has 3 aromatic rings. The van der Waals surface area contributed by atoms with Crippen LogP contribution in [0.4, 0.5) is 4.79 Å². The Morgan fingerprint density at radius 2 is 1.78 bits per heavy atom. The van der Waals surface area contributed by atoms with Crippen molar-refractivity contribution in [3.8, 4) is 0 Å². The van der Waals surface area contributed by atoms with Crippen molar-refractivity contribution in [3.63, 3.8) is 0 Å². The molecule has 1 amide bonds. The molecule has 1 N–H and O–H groups in total. The number of esters is 1. The average Bonchev–Trinajstić information content (AvgIpc) is 3.02. The summed E-state index contributed by atoms with van der Waals surface area (Å²) in [5.41, 5.74) is 2.88. The van der Waals surface area contributed by atoms with Crippen molar-refractivity contribution in [3.05, 3.63) is 71.9 Å². The van der Waals surface area contributed by atoms with Gasteiger partial charge in [-0.05, 0) is 17.2 Å². The van der Waals surface area contributed by atoms with Crippen LogP contribution in [0.25, 0.3) is 10.9 Å². The molecule has 1 heterocycles. The molecule has 0 aliphatic heterocycles. The normalized spacial score (nSPS) is 11.8. The monoisotopic (exact) mass is 366 g/mol. The molecule has 0 fully saturated rings. The molecular weight excluding hydrogens is 344 g/mol. The number of aromatic nitrogens is 1. The van der Waals surface area contributed by atoms with Crippen LogP contribution >= 0.6 is 0 Å². The Morgan fingerprint density at radius 1 is 1.07 bits per heavy atom. The molecule has 140 valence electrons. The molecule has 1 atom stereocenters. The highest BCUT2D eigenvalue weighted by Gasteiger charge is 2.24. The number of nitrogens with one attached hydrogen (secondary N) is 1. The van der Waals surface area contributed by atoms with E-state index >= 15 is 0 Å². The highest BCUT2D eigenvalue weighted by molar-refractivity contribution is 5.86. The summed E-state index contributed by atoms with van der Waals surface area (Å²) >= 11 is 0. The molecule has 0 bridgehead atoms. The van der Waals surface area contributed by atoms with Crippen LogP contribution in [0.1, 0.15) is 11.1 Å². The predicted molar refractivity (Wildman–Crippen MR) is 102 cm³/mol. The zero-order valence-electron chi connectivity index (χ0n) is 15.3. The average molecular weight is 366 g/mol. The summed E-state index contributed by atoms with van der Waals surface area (Å²) in [4.78, 5) is 24.3. The standard InChI is InChI=1S/C21H22N2O4/c1-23-13-16(17-10-6-7-11-19(17)23)12-18(20(24)26-2)22-21(25)27-14-15-8-4-3-5-9-15/h3-11,13,18H,12,14H2,1-2H3,(H,22,25)/t18-/m0/s1. The summed E-state index contributed by atoms with van der Waals surface area (Å²) in [5.74, 6) is -0.514. The smallest absolute Gasteiger partial charge is 0.408 e. The van der Waals surface area contributed by atoms with E-state index in [2.05, 4.69) is 5.32 Å². The second-order valence-corrected chi connectivity index (χ2v) is 6.27. The lowest BCUT2D eigenvalue weighted by molar-refractivity contribution is -0.142. The van der Waals surface area contributed by atoms with Gasteiger partial charge in [0.2, 0.25) is 0 Å². The molecule has 27 heavy (non-hydrogen) atoms. The second-order valence-electron chi connectivity index (χ2n) is 6.27. The van der Waals surface area contributed by atoms with Crippen molar-refractivity contribution in [1.82, 2.24) is 9.88 Å². The number of alkyl carbamates (subject to hydrolysis) is 1. The maximum atomic E-state index is 12.2. The first kappa shape index (κ1) is 18.5. The number of hydrogen-bond acceptors (Lipinski definition) is 4. The topological polar surface area (TPSA) is 69.6 Å². The Morgan fingerprint density at radius 3 is 2.52 bits per heavy atom. The Balaban J connectivity index is 1.70. The van der Waals surface area contributed by atoms with Gasteiger partial charge in [-0.25, -0.2) is 9.59 Å². The SMILES string of the molecule is COC(=O)[C@H](Cc1cn(C)c2ccccc12)NC(=O)OCc1ccccc1. The van der Waals surface area contributed by atoms with Gasteiger partial charge in [-0.1, -0.05) is 48.5 Å². The predicted octanol–water partition coefficient (Wildman–Crippen LogP) is 3.19. The first-order valence-electron chi connectivity index (χ1n) is 8.66. The molecule has 6 heteroatoms. The molecule has 0 saturated carbocycles. The third-order valence-corrected chi connectivity index (χ3v) is 4.39. The summed E-state index contributed by atoms with van der Waals surface area (Å²) in [6, 6.07) is 16.4. The number of benzene rings is 2. The van der Waals surface area contributed by atoms with E-state index in [1.165, 1.54) is 7.11 Å². The second kappa shape index (κ2) is 8.40. The molecular formula is C21H22N2O4. The van der Waals surface area contributed by atoms with E-state index < -0.39 is 18.1 Å². The molecule has 0 aliphatic rings. The summed E-state index contributed by atoms with van der Waals surface area (Å²) in [5, 5.41) is 3.65. The van der Waals surface area contributed by atoms with E-state index in [4.69, 9.17) is 9.47 Å². The van der Waals surface area contributed by atoms with Crippen LogP contribution in [-0.4, -0.2) is 29.8 Å². The van der Waals surface area contributed by atoms with Crippen molar-refractivity contribution in [2.24, 2.45) is 7.05 Å². The van der Waals surface area contributed by atoms with Crippen LogP contribution in [0.15, 0.2) is 60.8 Å². The summed E-state index contributed by atoms with van der Waals surface area (Å²) in [6.45, 7) is 0.134. The van der Waals surface area contributed by atoms with E-state index in [9.17, 15) is 9.59 Å². The summed E-state index contributed by atoms with van der Waals surface area (Å²) < 4.78 is 12.1. The van der Waals surface area contributed by atoms with Gasteiger partial charge in [-0.15, -0.1) is 0 Å². The molecule has 2 aromatic carbocycles. The van der Waals surface area contributed by atoms with Crippen molar-refractivity contribution in [1.29, 1.82) is 0 Å². The van der Waals surface area contributed by atoms with Crippen LogP contribution in [0.5, 0.6) is 0 Å². The number of fused-ring (bicyclic) bond motifs is 1. The Labute approximate surface area is 157 Å². The number of ether oxygens (including phenoxy) is 2. The number of aryl methyl sites for hydroxylation is 1. The number of nitrogens with zero attached hydrogens (tertiary/aromatic N) is 1. The summed E-state index contributed by atoms with van der Waals surface area (Å²) in [6.07, 6.45) is 1.61. The fraction of sp³-hybridized carbons (Fsp3) is 0.238. The van der Waals surface area contributed by atoms with E-state index in [1.54, 1.807) is 0 Å². The number of amides is 1. The zero-order valence-corrected chi connectivity index (χ0v) is 15.3. The van der Waals surface area contributed by atoms with Gasteiger partial charge >= 0.3 is 12.1 Å². The fourth-order valence-electron chi connectivity index (χ4n) is 3.05. The molecule has 0 radical (unpaired) electrons. The Hall–Kier alpha value is -3.28. The van der Waals surface area contributed by atoms with Crippen LogP contribution < -0.4 is 5.32 Å². The first-order chi connectivity index (χ1) is 13.1. The molecule has 3 rings (SSSR count). The molecule has 0 spiro atoms. The van der Waals surface area contributed by atoms with Crippen LogP contribution in [0.2, 0.25) is 0 Å². The first-order valence-corrected chi connectivity index (χ1v) is 8.66. The van der Waals surface area contributed by atoms with Gasteiger partial charge in [-0.3, -0.25) is 0 Å². The molecule has 0 unspecified atom stereocenters. The number of hydrogen-bond donors (Lipinski definition) is 1. The number of rotatable bonds is 6. The quantitative estimate of drug-likeness (QED) is 0.680. The van der Waals surface area contributed by atoms with Gasteiger partial charge in [-0.2, -0.15) is 0 Å². The zero-order chi connectivity index (χ0) is 19.2. The van der Waals surface area contributed by atoms with Crippen molar-refractivity contribution in [2.75, 3.05) is 7.11 Å². The molecule has 1 aromatic heterocycles. The van der Waals surface area contributed by atoms with E-state index in [1.807, 2.05) is 72.4 Å². The number of carbonyl (C=O) groups is 2. The van der Waals surface area contributed by atoms with E-state index in [0.717, 1.165) is 22.0 Å². The van der Waals surface area contributed by atoms with E-state index in [-0.39, 0.29) is 6.61 Å². The molecule has 6 nitrogen and oxygen atoms in total. The van der Waals surface area contributed by atoms with Gasteiger partial charge in [0.15, 0.2) is 0 Å². The number of para-hydroxylation sites is 1. The fourth-order valence-corrected chi connectivity index (χ4v) is 3.05. The highest BCUT2D eigenvalue weighted by Crippen LogP contribution is 2.21. The maximum Gasteiger partial charge on any atom is 0.408 e. The van der Waals surface area contributed by atoms with Crippen molar-refractivity contribution >= 4 is 23.0 Å². The van der Waals surface area contributed by atoms with Crippen molar-refractivity contribution < 1.29 is 19.1 Å². The van der Waals surface area contributed by atoms with Gasteiger partial charge in [0.25, 0.3) is 0 Å². The van der Waals surface area contributed by atoms with Gasteiger partial charge in [0.05, 0.1) is 7.11 Å².